The Kier molecular flexibility index (Phi) is 5.62. The maximum Gasteiger partial charge on any atom is 0.119 e. The molecule has 0 spiro atoms. The fourth-order valence-electron chi connectivity index (χ4n) is 1.11. The summed E-state index contributed by atoms with van der Waals surface area (Å²) < 4.78 is 4.91. The molecule has 0 amide bonds. The zero-order chi connectivity index (χ0) is 13.5. The number of benzene rings is 2. The monoisotopic (exact) mass is 284 g/mol. The minimum atomic E-state index is 0.445. The van der Waals surface area contributed by atoms with E-state index in [-0.39, 0.29) is 0 Å². The third-order valence-electron chi connectivity index (χ3n) is 2.12. The first-order valence-electron chi connectivity index (χ1n) is 5.13. The van der Waals surface area contributed by atoms with Crippen molar-refractivity contribution < 1.29 is 4.74 Å². The normalized spacial score (nSPS) is 9.28. The molecule has 0 saturated heterocycles. The number of nitrogen functional groups attached to an aromatic ring is 2. The van der Waals surface area contributed by atoms with E-state index in [2.05, 4.69) is 0 Å². The molecule has 0 bridgehead atoms. The van der Waals surface area contributed by atoms with Crippen LogP contribution in [0.25, 0.3) is 0 Å². The van der Waals surface area contributed by atoms with Crippen LogP contribution in [0.4, 0.5) is 11.4 Å². The highest BCUT2D eigenvalue weighted by molar-refractivity contribution is 6.38. The molecular formula is C13H14Cl2N2O. The number of ether oxygens (including phenoxy) is 1. The van der Waals surface area contributed by atoms with Crippen LogP contribution in [0.1, 0.15) is 0 Å². The molecule has 0 aliphatic heterocycles. The number of halogens is 2. The van der Waals surface area contributed by atoms with Crippen molar-refractivity contribution in [3.8, 4) is 5.75 Å². The van der Waals surface area contributed by atoms with Gasteiger partial charge in [-0.3, -0.25) is 0 Å². The molecule has 2 aromatic rings. The maximum absolute atomic E-state index is 5.60. The fourth-order valence-corrected chi connectivity index (χ4v) is 1.51. The second-order valence-electron chi connectivity index (χ2n) is 3.41. The predicted octanol–water partition coefficient (Wildman–Crippen LogP) is 3.85. The third-order valence-corrected chi connectivity index (χ3v) is 2.77. The molecular weight excluding hydrogens is 271 g/mol. The Balaban J connectivity index is 0.000000180. The number of nitrogens with two attached hydrogens (primary N) is 2. The van der Waals surface area contributed by atoms with E-state index in [1.165, 1.54) is 0 Å². The summed E-state index contributed by atoms with van der Waals surface area (Å²) in [5, 5.41) is 1.00. The van der Waals surface area contributed by atoms with Gasteiger partial charge in [0.1, 0.15) is 5.75 Å². The summed E-state index contributed by atoms with van der Waals surface area (Å²) in [4.78, 5) is 0. The zero-order valence-electron chi connectivity index (χ0n) is 9.86. The highest BCUT2D eigenvalue weighted by atomic mass is 35.5. The molecule has 0 aliphatic carbocycles. The smallest absolute Gasteiger partial charge is 0.119 e. The molecule has 96 valence electrons. The fraction of sp³-hybridized carbons (Fsp3) is 0.0769. The largest absolute Gasteiger partial charge is 0.497 e. The summed E-state index contributed by atoms with van der Waals surface area (Å²) in [5.41, 5.74) is 12.0. The number of hydrogen-bond acceptors (Lipinski definition) is 3. The van der Waals surface area contributed by atoms with E-state index in [0.29, 0.717) is 15.7 Å². The van der Waals surface area contributed by atoms with Crippen molar-refractivity contribution in [2.45, 2.75) is 0 Å². The predicted molar refractivity (Wildman–Crippen MR) is 78.3 cm³/mol. The molecule has 0 aromatic heterocycles. The first-order valence-corrected chi connectivity index (χ1v) is 5.89. The third kappa shape index (κ3) is 4.35. The summed E-state index contributed by atoms with van der Waals surface area (Å²) in [6.07, 6.45) is 0. The first kappa shape index (κ1) is 14.5. The van der Waals surface area contributed by atoms with Crippen LogP contribution in [0, 0.1) is 0 Å². The molecule has 5 heteroatoms. The van der Waals surface area contributed by atoms with E-state index in [0.717, 1.165) is 11.4 Å². The Labute approximate surface area is 116 Å². The molecule has 2 aromatic carbocycles. The minimum absolute atomic E-state index is 0.445. The van der Waals surface area contributed by atoms with Gasteiger partial charge in [0, 0.05) is 5.69 Å². The summed E-state index contributed by atoms with van der Waals surface area (Å²) in [5.74, 6) is 0.837. The van der Waals surface area contributed by atoms with Crippen molar-refractivity contribution in [2.75, 3.05) is 18.6 Å². The van der Waals surface area contributed by atoms with E-state index >= 15 is 0 Å². The van der Waals surface area contributed by atoms with Gasteiger partial charge in [0.25, 0.3) is 0 Å². The van der Waals surface area contributed by atoms with Crippen LogP contribution < -0.4 is 16.2 Å². The zero-order valence-corrected chi connectivity index (χ0v) is 11.4. The number of methoxy groups -OCH3 is 1. The van der Waals surface area contributed by atoms with E-state index in [4.69, 9.17) is 39.4 Å². The Bertz CT molecular complexity index is 481. The van der Waals surface area contributed by atoms with Crippen molar-refractivity contribution in [3.63, 3.8) is 0 Å². The van der Waals surface area contributed by atoms with Crippen LogP contribution in [0.15, 0.2) is 42.5 Å². The van der Waals surface area contributed by atoms with Crippen molar-refractivity contribution in [2.24, 2.45) is 0 Å². The maximum atomic E-state index is 5.60. The van der Waals surface area contributed by atoms with Crippen LogP contribution in [0.3, 0.4) is 0 Å². The average Bonchev–Trinajstić information content (AvgIpc) is 2.38. The van der Waals surface area contributed by atoms with E-state index < -0.39 is 0 Å². The highest BCUT2D eigenvalue weighted by Gasteiger charge is 1.97. The molecule has 0 unspecified atom stereocenters. The topological polar surface area (TPSA) is 61.3 Å². The number of hydrogen-bond donors (Lipinski definition) is 2. The number of anilines is 2. The summed E-state index contributed by atoms with van der Waals surface area (Å²) in [6, 6.07) is 12.4. The lowest BCUT2D eigenvalue weighted by atomic mass is 10.3. The van der Waals surface area contributed by atoms with Gasteiger partial charge in [-0.1, -0.05) is 29.3 Å². The molecule has 0 heterocycles. The summed E-state index contributed by atoms with van der Waals surface area (Å²) >= 11 is 11.2. The van der Waals surface area contributed by atoms with Crippen LogP contribution in [0.5, 0.6) is 5.75 Å². The molecule has 3 nitrogen and oxygen atoms in total. The van der Waals surface area contributed by atoms with Crippen molar-refractivity contribution >= 4 is 34.6 Å². The summed E-state index contributed by atoms with van der Waals surface area (Å²) in [7, 11) is 1.63. The van der Waals surface area contributed by atoms with E-state index in [1.54, 1.807) is 37.4 Å². The lowest BCUT2D eigenvalue weighted by molar-refractivity contribution is 0.415. The van der Waals surface area contributed by atoms with Gasteiger partial charge in [-0.05, 0) is 36.4 Å². The standard InChI is InChI=1S/C7H9NO.C6H5Cl2N/c1-9-7-4-2-6(8)3-5-7;7-4-2-1-3-5(8)6(4)9/h2-5H,8H2,1H3;1-3H,9H2. The van der Waals surface area contributed by atoms with Crippen LogP contribution in [0.2, 0.25) is 10.0 Å². The van der Waals surface area contributed by atoms with Crippen LogP contribution in [-0.4, -0.2) is 7.11 Å². The SMILES string of the molecule is COc1ccc(N)cc1.Nc1c(Cl)cccc1Cl. The average molecular weight is 285 g/mol. The molecule has 0 radical (unpaired) electrons. The van der Waals surface area contributed by atoms with Gasteiger partial charge in [0.2, 0.25) is 0 Å². The molecule has 4 N–H and O–H groups in total. The Morgan fingerprint density at radius 1 is 0.889 bits per heavy atom. The lowest BCUT2D eigenvalue weighted by Crippen LogP contribution is -1.85. The second-order valence-corrected chi connectivity index (χ2v) is 4.22. The van der Waals surface area contributed by atoms with Gasteiger partial charge < -0.3 is 16.2 Å². The molecule has 0 aliphatic rings. The summed E-state index contributed by atoms with van der Waals surface area (Å²) in [6.45, 7) is 0. The van der Waals surface area contributed by atoms with E-state index in [1.807, 2.05) is 12.1 Å². The molecule has 2 rings (SSSR count). The lowest BCUT2D eigenvalue weighted by Gasteiger charge is -1.97. The van der Waals surface area contributed by atoms with Crippen molar-refractivity contribution in [3.05, 3.63) is 52.5 Å². The Morgan fingerprint density at radius 2 is 1.39 bits per heavy atom. The van der Waals surface area contributed by atoms with E-state index in [9.17, 15) is 0 Å². The van der Waals surface area contributed by atoms with Crippen molar-refractivity contribution in [1.82, 2.24) is 0 Å². The molecule has 0 atom stereocenters. The van der Waals surface area contributed by atoms with Crippen LogP contribution in [-0.2, 0) is 0 Å². The second kappa shape index (κ2) is 6.99. The Morgan fingerprint density at radius 3 is 1.78 bits per heavy atom. The van der Waals surface area contributed by atoms with Gasteiger partial charge in [-0.2, -0.15) is 0 Å². The minimum Gasteiger partial charge on any atom is -0.497 e. The number of para-hydroxylation sites is 1. The van der Waals surface area contributed by atoms with Crippen molar-refractivity contribution in [1.29, 1.82) is 0 Å². The van der Waals surface area contributed by atoms with Gasteiger partial charge in [0.15, 0.2) is 0 Å². The van der Waals surface area contributed by atoms with Gasteiger partial charge >= 0.3 is 0 Å². The molecule has 0 saturated carbocycles. The van der Waals surface area contributed by atoms with Gasteiger partial charge in [0.05, 0.1) is 22.8 Å². The molecule has 18 heavy (non-hydrogen) atoms. The quantitative estimate of drug-likeness (QED) is 0.782. The molecule has 0 fully saturated rings. The Hall–Kier alpha value is -1.58. The first-order chi connectivity index (χ1) is 8.54. The van der Waals surface area contributed by atoms with Gasteiger partial charge in [-0.15, -0.1) is 0 Å². The number of rotatable bonds is 1. The van der Waals surface area contributed by atoms with Crippen LogP contribution >= 0.6 is 23.2 Å². The highest BCUT2D eigenvalue weighted by Crippen LogP contribution is 2.25. The van der Waals surface area contributed by atoms with Gasteiger partial charge in [-0.25, -0.2) is 0 Å².